The summed E-state index contributed by atoms with van der Waals surface area (Å²) in [6, 6.07) is 11.0. The maximum atomic E-state index is 12.8. The van der Waals surface area contributed by atoms with Gasteiger partial charge < -0.3 is 9.64 Å². The standard InChI is InChI=1S/C18H19N7O2/c1-13-5-6-17(21-20-13)27-16-7-9-24(10-8-16)18(26)14-3-2-4-15(11-14)25-12-19-22-23-25/h2-6,11-12,16H,7-10H2,1H3. The molecule has 0 saturated carbocycles. The summed E-state index contributed by atoms with van der Waals surface area (Å²) in [6.07, 6.45) is 3.06. The maximum absolute atomic E-state index is 12.8. The quantitative estimate of drug-likeness (QED) is 0.690. The van der Waals surface area contributed by atoms with Crippen molar-refractivity contribution in [3.05, 3.63) is 54.0 Å². The van der Waals surface area contributed by atoms with Crippen LogP contribution in [0.15, 0.2) is 42.7 Å². The van der Waals surface area contributed by atoms with Gasteiger partial charge in [0.15, 0.2) is 0 Å². The van der Waals surface area contributed by atoms with E-state index in [4.69, 9.17) is 4.74 Å². The number of benzene rings is 1. The molecule has 0 N–H and O–H groups in total. The van der Waals surface area contributed by atoms with Crippen LogP contribution >= 0.6 is 0 Å². The number of nitrogens with zero attached hydrogens (tertiary/aromatic N) is 7. The summed E-state index contributed by atoms with van der Waals surface area (Å²) in [6.45, 7) is 3.16. The first-order valence-electron chi connectivity index (χ1n) is 8.79. The highest BCUT2D eigenvalue weighted by atomic mass is 16.5. The molecule has 1 amide bonds. The topological polar surface area (TPSA) is 98.9 Å². The molecule has 1 aromatic carbocycles. The Kier molecular flexibility index (Phi) is 4.73. The molecule has 9 nitrogen and oxygen atoms in total. The molecule has 1 aliphatic rings. The molecule has 0 spiro atoms. The molecule has 3 aromatic rings. The average molecular weight is 365 g/mol. The summed E-state index contributed by atoms with van der Waals surface area (Å²) in [5, 5.41) is 19.1. The van der Waals surface area contributed by atoms with Crippen molar-refractivity contribution < 1.29 is 9.53 Å². The Morgan fingerprint density at radius 3 is 2.70 bits per heavy atom. The molecule has 27 heavy (non-hydrogen) atoms. The molecule has 0 atom stereocenters. The lowest BCUT2D eigenvalue weighted by molar-refractivity contribution is 0.0586. The Morgan fingerprint density at radius 1 is 1.15 bits per heavy atom. The second-order valence-corrected chi connectivity index (χ2v) is 6.43. The largest absolute Gasteiger partial charge is 0.473 e. The molecule has 138 valence electrons. The third kappa shape index (κ3) is 3.91. The van der Waals surface area contributed by atoms with Crippen molar-refractivity contribution in [2.45, 2.75) is 25.9 Å². The van der Waals surface area contributed by atoms with Gasteiger partial charge in [-0.25, -0.2) is 4.68 Å². The Balaban J connectivity index is 1.37. The van der Waals surface area contributed by atoms with Gasteiger partial charge in [0.05, 0.1) is 11.4 Å². The molecule has 0 unspecified atom stereocenters. The van der Waals surface area contributed by atoms with Gasteiger partial charge in [0, 0.05) is 37.6 Å². The van der Waals surface area contributed by atoms with Gasteiger partial charge in [0.2, 0.25) is 5.88 Å². The van der Waals surface area contributed by atoms with Crippen molar-refractivity contribution >= 4 is 5.91 Å². The summed E-state index contributed by atoms with van der Waals surface area (Å²) in [5.41, 5.74) is 2.22. The van der Waals surface area contributed by atoms with E-state index in [-0.39, 0.29) is 12.0 Å². The van der Waals surface area contributed by atoms with E-state index < -0.39 is 0 Å². The monoisotopic (exact) mass is 365 g/mol. The second-order valence-electron chi connectivity index (χ2n) is 6.43. The molecule has 3 heterocycles. The molecular weight excluding hydrogens is 346 g/mol. The molecule has 1 saturated heterocycles. The number of rotatable bonds is 4. The number of piperidine rings is 1. The molecule has 0 aliphatic carbocycles. The number of carbonyl (C=O) groups excluding carboxylic acids is 1. The van der Waals surface area contributed by atoms with Gasteiger partial charge >= 0.3 is 0 Å². The van der Waals surface area contributed by atoms with Crippen molar-refractivity contribution in [2.75, 3.05) is 13.1 Å². The molecule has 0 bridgehead atoms. The summed E-state index contributed by atoms with van der Waals surface area (Å²) < 4.78 is 7.40. The lowest BCUT2D eigenvalue weighted by atomic mass is 10.1. The van der Waals surface area contributed by atoms with E-state index in [2.05, 4.69) is 25.7 Å². The fraction of sp³-hybridized carbons (Fsp3) is 0.333. The minimum Gasteiger partial charge on any atom is -0.473 e. The fourth-order valence-corrected chi connectivity index (χ4v) is 3.04. The van der Waals surface area contributed by atoms with E-state index in [0.717, 1.165) is 24.2 Å². The molecule has 4 rings (SSSR count). The minimum absolute atomic E-state index is 0.00139. The number of hydrogen-bond acceptors (Lipinski definition) is 7. The average Bonchev–Trinajstić information content (AvgIpc) is 3.25. The van der Waals surface area contributed by atoms with E-state index >= 15 is 0 Å². The van der Waals surface area contributed by atoms with Gasteiger partial charge in [-0.15, -0.1) is 10.2 Å². The number of aryl methyl sites for hydroxylation is 1. The Labute approximate surface area is 156 Å². The van der Waals surface area contributed by atoms with E-state index in [0.29, 0.717) is 24.5 Å². The summed E-state index contributed by atoms with van der Waals surface area (Å²) in [7, 11) is 0. The first kappa shape index (κ1) is 17.1. The van der Waals surface area contributed by atoms with Crippen molar-refractivity contribution in [1.29, 1.82) is 0 Å². The smallest absolute Gasteiger partial charge is 0.253 e. The Hall–Kier alpha value is -3.36. The zero-order valence-corrected chi connectivity index (χ0v) is 14.9. The van der Waals surface area contributed by atoms with Crippen LogP contribution in [0.4, 0.5) is 0 Å². The highest BCUT2D eigenvalue weighted by Crippen LogP contribution is 2.19. The predicted octanol–water partition coefficient (Wildman–Crippen LogP) is 1.44. The number of ether oxygens (including phenoxy) is 1. The molecule has 1 aliphatic heterocycles. The number of likely N-dealkylation sites (tertiary alicyclic amines) is 1. The Bertz CT molecular complexity index is 904. The van der Waals surface area contributed by atoms with Crippen molar-refractivity contribution in [2.24, 2.45) is 0 Å². The molecule has 9 heteroatoms. The van der Waals surface area contributed by atoms with E-state index in [9.17, 15) is 4.79 Å². The van der Waals surface area contributed by atoms with E-state index in [1.54, 1.807) is 12.1 Å². The van der Waals surface area contributed by atoms with Gasteiger partial charge in [-0.2, -0.15) is 5.10 Å². The zero-order chi connectivity index (χ0) is 18.6. The van der Waals surface area contributed by atoms with Gasteiger partial charge in [0.1, 0.15) is 12.4 Å². The first-order chi connectivity index (χ1) is 13.2. The van der Waals surface area contributed by atoms with Crippen LogP contribution in [-0.2, 0) is 0 Å². The van der Waals surface area contributed by atoms with Crippen LogP contribution < -0.4 is 4.74 Å². The van der Waals surface area contributed by atoms with E-state index in [1.807, 2.05) is 36.1 Å². The highest BCUT2D eigenvalue weighted by molar-refractivity contribution is 5.94. The SMILES string of the molecule is Cc1ccc(OC2CCN(C(=O)c3cccc(-n4cnnn4)c3)CC2)nn1. The predicted molar refractivity (Wildman–Crippen MR) is 95.5 cm³/mol. The molecule has 0 radical (unpaired) electrons. The van der Waals surface area contributed by atoms with Crippen LogP contribution in [0.2, 0.25) is 0 Å². The Morgan fingerprint density at radius 2 is 2.00 bits per heavy atom. The van der Waals surface area contributed by atoms with Crippen molar-refractivity contribution in [1.82, 2.24) is 35.3 Å². The second kappa shape index (κ2) is 7.48. The molecule has 1 fully saturated rings. The number of aromatic nitrogens is 6. The van der Waals surface area contributed by atoms with Crippen LogP contribution in [0.25, 0.3) is 5.69 Å². The number of amides is 1. The molecular formula is C18H19N7O2. The van der Waals surface area contributed by atoms with Crippen LogP contribution in [0, 0.1) is 6.92 Å². The van der Waals surface area contributed by atoms with Crippen LogP contribution in [0.1, 0.15) is 28.9 Å². The van der Waals surface area contributed by atoms with Crippen LogP contribution in [0.3, 0.4) is 0 Å². The fourth-order valence-electron chi connectivity index (χ4n) is 3.04. The molecule has 2 aromatic heterocycles. The third-order valence-corrected chi connectivity index (χ3v) is 4.50. The minimum atomic E-state index is -0.00139. The maximum Gasteiger partial charge on any atom is 0.253 e. The summed E-state index contributed by atoms with van der Waals surface area (Å²) in [5.74, 6) is 0.526. The number of tetrazole rings is 1. The van der Waals surface area contributed by atoms with Crippen LogP contribution in [-0.4, -0.2) is 60.4 Å². The van der Waals surface area contributed by atoms with E-state index in [1.165, 1.54) is 11.0 Å². The normalized spacial score (nSPS) is 14.9. The van der Waals surface area contributed by atoms with Gasteiger partial charge in [-0.05, 0) is 41.6 Å². The number of carbonyl (C=O) groups is 1. The lowest BCUT2D eigenvalue weighted by Crippen LogP contribution is -2.41. The van der Waals surface area contributed by atoms with Gasteiger partial charge in [-0.3, -0.25) is 4.79 Å². The first-order valence-corrected chi connectivity index (χ1v) is 8.79. The highest BCUT2D eigenvalue weighted by Gasteiger charge is 2.25. The summed E-state index contributed by atoms with van der Waals surface area (Å²) in [4.78, 5) is 14.7. The third-order valence-electron chi connectivity index (χ3n) is 4.50. The van der Waals surface area contributed by atoms with Gasteiger partial charge in [0.25, 0.3) is 5.91 Å². The summed E-state index contributed by atoms with van der Waals surface area (Å²) >= 11 is 0. The van der Waals surface area contributed by atoms with Crippen LogP contribution in [0.5, 0.6) is 5.88 Å². The van der Waals surface area contributed by atoms with Crippen molar-refractivity contribution in [3.8, 4) is 11.6 Å². The van der Waals surface area contributed by atoms with Gasteiger partial charge in [-0.1, -0.05) is 6.07 Å². The number of hydrogen-bond donors (Lipinski definition) is 0. The zero-order valence-electron chi connectivity index (χ0n) is 14.9. The lowest BCUT2D eigenvalue weighted by Gasteiger charge is -2.32. The van der Waals surface area contributed by atoms with Crippen molar-refractivity contribution in [3.63, 3.8) is 0 Å².